The maximum Gasteiger partial charge on any atom is 0.248 e. The van der Waals surface area contributed by atoms with E-state index in [-0.39, 0.29) is 5.54 Å². The van der Waals surface area contributed by atoms with Crippen molar-refractivity contribution in [3.05, 3.63) is 29.8 Å². The number of anilines is 1. The molecule has 0 aliphatic rings. The minimum absolute atomic E-state index is 0.0221. The summed E-state index contributed by atoms with van der Waals surface area (Å²) in [5.41, 5.74) is 6.74. The van der Waals surface area contributed by atoms with Crippen LogP contribution in [0.3, 0.4) is 0 Å². The van der Waals surface area contributed by atoms with E-state index in [2.05, 4.69) is 33.0 Å². The molecule has 0 atom stereocenters. The van der Waals surface area contributed by atoms with E-state index in [0.29, 0.717) is 11.5 Å². The maximum absolute atomic E-state index is 10.9. The second-order valence-electron chi connectivity index (χ2n) is 4.94. The zero-order valence-corrected chi connectivity index (χ0v) is 10.4. The van der Waals surface area contributed by atoms with Crippen LogP contribution in [-0.2, 0) is 0 Å². The number of hydrogen-bond acceptors (Lipinski definition) is 2. The Bertz CT molecular complexity index is 366. The molecule has 0 unspecified atom stereocenters. The topological polar surface area (TPSA) is 55.1 Å². The summed E-state index contributed by atoms with van der Waals surface area (Å²) in [5.74, 6) is 0.123. The van der Waals surface area contributed by atoms with Crippen molar-refractivity contribution in [2.24, 2.45) is 11.7 Å². The zero-order valence-electron chi connectivity index (χ0n) is 10.4. The molecule has 88 valence electrons. The van der Waals surface area contributed by atoms with Crippen molar-refractivity contribution in [3.8, 4) is 0 Å². The summed E-state index contributed by atoms with van der Waals surface area (Å²) >= 11 is 0. The van der Waals surface area contributed by atoms with Crippen molar-refractivity contribution in [3.63, 3.8) is 0 Å². The van der Waals surface area contributed by atoms with E-state index in [0.717, 1.165) is 5.69 Å². The van der Waals surface area contributed by atoms with Gasteiger partial charge in [0.25, 0.3) is 0 Å². The van der Waals surface area contributed by atoms with Crippen molar-refractivity contribution < 1.29 is 4.79 Å². The van der Waals surface area contributed by atoms with Gasteiger partial charge in [0.1, 0.15) is 0 Å². The first-order valence-corrected chi connectivity index (χ1v) is 5.51. The smallest absolute Gasteiger partial charge is 0.248 e. The van der Waals surface area contributed by atoms with E-state index >= 15 is 0 Å². The Morgan fingerprint density at radius 2 is 1.75 bits per heavy atom. The number of benzene rings is 1. The average Bonchev–Trinajstić information content (AvgIpc) is 2.17. The fourth-order valence-electron chi connectivity index (χ4n) is 1.23. The Labute approximate surface area is 97.0 Å². The van der Waals surface area contributed by atoms with Crippen molar-refractivity contribution in [2.45, 2.75) is 33.2 Å². The fraction of sp³-hybridized carbons (Fsp3) is 0.462. The third kappa shape index (κ3) is 2.99. The Kier molecular flexibility index (Phi) is 3.58. The van der Waals surface area contributed by atoms with E-state index in [1.165, 1.54) is 0 Å². The van der Waals surface area contributed by atoms with Crippen LogP contribution >= 0.6 is 0 Å². The van der Waals surface area contributed by atoms with Gasteiger partial charge in [-0.3, -0.25) is 4.79 Å². The van der Waals surface area contributed by atoms with Gasteiger partial charge in [-0.05, 0) is 44.0 Å². The Hall–Kier alpha value is -1.51. The summed E-state index contributed by atoms with van der Waals surface area (Å²) in [4.78, 5) is 10.9. The molecule has 0 aromatic heterocycles. The van der Waals surface area contributed by atoms with Crippen LogP contribution in [0, 0.1) is 5.92 Å². The normalized spacial score (nSPS) is 11.6. The molecule has 0 heterocycles. The van der Waals surface area contributed by atoms with E-state index < -0.39 is 5.91 Å². The largest absolute Gasteiger partial charge is 0.380 e. The molecule has 1 amide bonds. The SMILES string of the molecule is CC(C)C(C)(C)Nc1ccc(C(N)=O)cc1. The summed E-state index contributed by atoms with van der Waals surface area (Å²) in [6.45, 7) is 8.65. The minimum atomic E-state index is -0.394. The molecular formula is C13H20N2O. The number of carbonyl (C=O) groups excluding carboxylic acids is 1. The second kappa shape index (κ2) is 4.56. The molecule has 0 saturated heterocycles. The Balaban J connectivity index is 2.80. The molecule has 0 fully saturated rings. The first-order valence-electron chi connectivity index (χ1n) is 5.51. The molecule has 0 spiro atoms. The number of nitrogens with two attached hydrogens (primary N) is 1. The third-order valence-corrected chi connectivity index (χ3v) is 3.08. The van der Waals surface area contributed by atoms with Crippen LogP contribution in [0.2, 0.25) is 0 Å². The fourth-order valence-corrected chi connectivity index (χ4v) is 1.23. The molecule has 0 saturated carbocycles. The predicted molar refractivity (Wildman–Crippen MR) is 67.5 cm³/mol. The third-order valence-electron chi connectivity index (χ3n) is 3.08. The second-order valence-corrected chi connectivity index (χ2v) is 4.94. The van der Waals surface area contributed by atoms with Crippen LogP contribution in [0.1, 0.15) is 38.1 Å². The highest BCUT2D eigenvalue weighted by Crippen LogP contribution is 2.22. The summed E-state index contributed by atoms with van der Waals surface area (Å²) in [6.07, 6.45) is 0. The van der Waals surface area contributed by atoms with Crippen LogP contribution in [0.5, 0.6) is 0 Å². The van der Waals surface area contributed by atoms with Gasteiger partial charge >= 0.3 is 0 Å². The first-order chi connectivity index (χ1) is 7.33. The van der Waals surface area contributed by atoms with Gasteiger partial charge in [0.05, 0.1) is 0 Å². The van der Waals surface area contributed by atoms with Gasteiger partial charge in [0.2, 0.25) is 5.91 Å². The molecule has 0 bridgehead atoms. The van der Waals surface area contributed by atoms with Gasteiger partial charge in [0.15, 0.2) is 0 Å². The van der Waals surface area contributed by atoms with Crippen LogP contribution in [-0.4, -0.2) is 11.4 Å². The highest BCUT2D eigenvalue weighted by atomic mass is 16.1. The molecule has 1 aromatic carbocycles. The first kappa shape index (κ1) is 12.6. The zero-order chi connectivity index (χ0) is 12.3. The lowest BCUT2D eigenvalue weighted by Crippen LogP contribution is -2.36. The predicted octanol–water partition coefficient (Wildman–Crippen LogP) is 2.63. The lowest BCUT2D eigenvalue weighted by atomic mass is 9.90. The van der Waals surface area contributed by atoms with E-state index in [1.807, 2.05) is 12.1 Å². The number of amides is 1. The van der Waals surface area contributed by atoms with Crippen molar-refractivity contribution >= 4 is 11.6 Å². The molecule has 0 radical (unpaired) electrons. The van der Waals surface area contributed by atoms with Gasteiger partial charge in [-0.25, -0.2) is 0 Å². The van der Waals surface area contributed by atoms with Crippen LogP contribution in [0.4, 0.5) is 5.69 Å². The van der Waals surface area contributed by atoms with Crippen molar-refractivity contribution in [1.29, 1.82) is 0 Å². The standard InChI is InChI=1S/C13H20N2O/c1-9(2)13(3,4)15-11-7-5-10(6-8-11)12(14)16/h5-9,15H,1-4H3,(H2,14,16). The summed E-state index contributed by atoms with van der Waals surface area (Å²) < 4.78 is 0. The van der Waals surface area contributed by atoms with E-state index in [4.69, 9.17) is 5.73 Å². The summed E-state index contributed by atoms with van der Waals surface area (Å²) in [7, 11) is 0. The number of carbonyl (C=O) groups is 1. The Morgan fingerprint density at radius 3 is 2.12 bits per heavy atom. The van der Waals surface area contributed by atoms with Gasteiger partial charge in [-0.2, -0.15) is 0 Å². The number of nitrogens with one attached hydrogen (secondary N) is 1. The minimum Gasteiger partial charge on any atom is -0.380 e. The van der Waals surface area contributed by atoms with Gasteiger partial charge in [-0.15, -0.1) is 0 Å². The van der Waals surface area contributed by atoms with Gasteiger partial charge in [-0.1, -0.05) is 13.8 Å². The van der Waals surface area contributed by atoms with E-state index in [1.54, 1.807) is 12.1 Å². The highest BCUT2D eigenvalue weighted by molar-refractivity contribution is 5.93. The van der Waals surface area contributed by atoms with Crippen LogP contribution in [0.25, 0.3) is 0 Å². The van der Waals surface area contributed by atoms with E-state index in [9.17, 15) is 4.79 Å². The molecule has 1 rings (SSSR count). The molecule has 16 heavy (non-hydrogen) atoms. The maximum atomic E-state index is 10.9. The monoisotopic (exact) mass is 220 g/mol. The van der Waals surface area contributed by atoms with Crippen LogP contribution in [0.15, 0.2) is 24.3 Å². The molecule has 3 nitrogen and oxygen atoms in total. The van der Waals surface area contributed by atoms with Crippen molar-refractivity contribution in [2.75, 3.05) is 5.32 Å². The molecule has 0 aliphatic heterocycles. The lowest BCUT2D eigenvalue weighted by molar-refractivity contribution is 0.100. The summed E-state index contributed by atoms with van der Waals surface area (Å²) in [6, 6.07) is 7.23. The lowest BCUT2D eigenvalue weighted by Gasteiger charge is -2.31. The molecule has 3 N–H and O–H groups in total. The number of primary amides is 1. The van der Waals surface area contributed by atoms with Crippen LogP contribution < -0.4 is 11.1 Å². The van der Waals surface area contributed by atoms with Crippen molar-refractivity contribution in [1.82, 2.24) is 0 Å². The summed E-state index contributed by atoms with van der Waals surface area (Å²) in [5, 5.41) is 3.43. The van der Waals surface area contributed by atoms with Gasteiger partial charge < -0.3 is 11.1 Å². The molecule has 0 aliphatic carbocycles. The average molecular weight is 220 g/mol. The molecule has 1 aromatic rings. The van der Waals surface area contributed by atoms with Gasteiger partial charge in [0, 0.05) is 16.8 Å². The highest BCUT2D eigenvalue weighted by Gasteiger charge is 2.21. The number of rotatable bonds is 4. The Morgan fingerprint density at radius 1 is 1.25 bits per heavy atom. The molecule has 3 heteroatoms. The molecular weight excluding hydrogens is 200 g/mol. The quantitative estimate of drug-likeness (QED) is 0.819. The number of hydrogen-bond donors (Lipinski definition) is 2.